The van der Waals surface area contributed by atoms with Crippen molar-refractivity contribution in [3.63, 3.8) is 0 Å². The van der Waals surface area contributed by atoms with Crippen molar-refractivity contribution in [2.45, 2.75) is 38.4 Å². The first-order valence-corrected chi connectivity index (χ1v) is 9.31. The maximum absolute atomic E-state index is 12.4. The molecule has 1 unspecified atom stereocenters. The standard InChI is InChI=1S/C14H21BrN2O3S/c1-4-10-13(15)11(17(2)16-10)8-21(19)9-14(5-6-14)7-12(18)20-3/h4-9H2,1-3H3. The van der Waals surface area contributed by atoms with Crippen molar-refractivity contribution < 1.29 is 13.7 Å². The van der Waals surface area contributed by atoms with Gasteiger partial charge in [0.15, 0.2) is 0 Å². The molecule has 0 radical (unpaired) electrons. The van der Waals surface area contributed by atoms with E-state index in [4.69, 9.17) is 4.74 Å². The van der Waals surface area contributed by atoms with E-state index in [0.29, 0.717) is 17.9 Å². The monoisotopic (exact) mass is 376 g/mol. The number of carbonyl (C=O) groups excluding carboxylic acids is 1. The molecule has 0 N–H and O–H groups in total. The van der Waals surface area contributed by atoms with Crippen LogP contribution in [-0.4, -0.2) is 32.8 Å². The Labute approximate surface area is 136 Å². The molecular weight excluding hydrogens is 356 g/mol. The van der Waals surface area contributed by atoms with E-state index < -0.39 is 10.8 Å². The van der Waals surface area contributed by atoms with Crippen molar-refractivity contribution in [2.75, 3.05) is 12.9 Å². The van der Waals surface area contributed by atoms with Gasteiger partial charge in [-0.2, -0.15) is 5.10 Å². The van der Waals surface area contributed by atoms with Crippen molar-refractivity contribution in [2.24, 2.45) is 12.5 Å². The van der Waals surface area contributed by atoms with Crippen LogP contribution in [0.25, 0.3) is 0 Å². The highest BCUT2D eigenvalue weighted by Gasteiger charge is 2.46. The largest absolute Gasteiger partial charge is 0.469 e. The van der Waals surface area contributed by atoms with Crippen molar-refractivity contribution >= 4 is 32.7 Å². The maximum atomic E-state index is 12.4. The highest BCUT2D eigenvalue weighted by Crippen LogP contribution is 2.49. The van der Waals surface area contributed by atoms with E-state index in [1.807, 2.05) is 14.0 Å². The number of rotatable bonds is 7. The van der Waals surface area contributed by atoms with Gasteiger partial charge in [0.1, 0.15) is 0 Å². The maximum Gasteiger partial charge on any atom is 0.306 e. The van der Waals surface area contributed by atoms with Gasteiger partial charge in [-0.15, -0.1) is 0 Å². The Morgan fingerprint density at radius 3 is 2.67 bits per heavy atom. The minimum absolute atomic E-state index is 0.101. The second-order valence-corrected chi connectivity index (χ2v) is 7.92. The summed E-state index contributed by atoms with van der Waals surface area (Å²) in [7, 11) is 2.27. The topological polar surface area (TPSA) is 61.2 Å². The number of ether oxygens (including phenoxy) is 1. The number of esters is 1. The van der Waals surface area contributed by atoms with Gasteiger partial charge >= 0.3 is 5.97 Å². The number of hydrogen-bond donors (Lipinski definition) is 0. The molecule has 1 aliphatic carbocycles. The summed E-state index contributed by atoms with van der Waals surface area (Å²) in [4.78, 5) is 11.4. The number of nitrogens with zero attached hydrogens (tertiary/aromatic N) is 2. The number of methoxy groups -OCH3 is 1. The van der Waals surface area contributed by atoms with E-state index in [9.17, 15) is 9.00 Å². The predicted molar refractivity (Wildman–Crippen MR) is 85.3 cm³/mol. The predicted octanol–water partition coefficient (Wildman–Crippen LogP) is 2.34. The van der Waals surface area contributed by atoms with Gasteiger partial charge in [-0.3, -0.25) is 13.7 Å². The average Bonchev–Trinajstić information content (AvgIpc) is 3.13. The van der Waals surface area contributed by atoms with Crippen LogP contribution in [0.1, 0.15) is 37.6 Å². The van der Waals surface area contributed by atoms with Crippen molar-refractivity contribution in [1.29, 1.82) is 0 Å². The number of carbonyl (C=O) groups is 1. The van der Waals surface area contributed by atoms with E-state index in [-0.39, 0.29) is 11.4 Å². The molecule has 0 aliphatic heterocycles. The first-order valence-electron chi connectivity index (χ1n) is 7.03. The van der Waals surface area contributed by atoms with Crippen LogP contribution in [0, 0.1) is 5.41 Å². The smallest absolute Gasteiger partial charge is 0.306 e. The molecule has 5 nitrogen and oxygen atoms in total. The third-order valence-corrected chi connectivity index (χ3v) is 6.42. The fourth-order valence-electron chi connectivity index (χ4n) is 2.45. The molecule has 1 aromatic heterocycles. The lowest BCUT2D eigenvalue weighted by atomic mass is 10.1. The van der Waals surface area contributed by atoms with E-state index in [0.717, 1.165) is 35.1 Å². The van der Waals surface area contributed by atoms with E-state index in [2.05, 4.69) is 21.0 Å². The minimum atomic E-state index is -1.00. The van der Waals surface area contributed by atoms with Crippen LogP contribution in [0.15, 0.2) is 4.47 Å². The summed E-state index contributed by atoms with van der Waals surface area (Å²) in [5, 5.41) is 4.42. The second-order valence-electron chi connectivity index (χ2n) is 5.67. The fourth-order valence-corrected chi connectivity index (χ4v) is 5.20. The number of aryl methyl sites for hydroxylation is 2. The molecule has 1 saturated carbocycles. The Morgan fingerprint density at radius 2 is 2.19 bits per heavy atom. The first kappa shape index (κ1) is 16.7. The molecule has 1 aromatic rings. The lowest BCUT2D eigenvalue weighted by Crippen LogP contribution is -2.19. The second kappa shape index (κ2) is 6.60. The quantitative estimate of drug-likeness (QED) is 0.685. The Balaban J connectivity index is 2.00. The van der Waals surface area contributed by atoms with Gasteiger partial charge in [0.2, 0.25) is 0 Å². The molecule has 0 aromatic carbocycles. The Bertz CT molecular complexity index is 567. The molecule has 118 valence electrons. The number of aromatic nitrogens is 2. The molecular formula is C14H21BrN2O3S. The zero-order valence-corrected chi connectivity index (χ0v) is 15.1. The van der Waals surface area contributed by atoms with Crippen LogP contribution in [0.4, 0.5) is 0 Å². The van der Waals surface area contributed by atoms with Gasteiger partial charge in [0, 0.05) is 23.6 Å². The van der Waals surface area contributed by atoms with E-state index in [1.54, 1.807) is 4.68 Å². The summed E-state index contributed by atoms with van der Waals surface area (Å²) in [6, 6.07) is 0. The molecule has 0 spiro atoms. The first-order chi connectivity index (χ1) is 9.90. The van der Waals surface area contributed by atoms with Crippen molar-refractivity contribution in [1.82, 2.24) is 9.78 Å². The number of halogens is 1. The highest BCUT2D eigenvalue weighted by molar-refractivity contribution is 9.10. The van der Waals surface area contributed by atoms with Gasteiger partial charge in [0.25, 0.3) is 0 Å². The highest BCUT2D eigenvalue weighted by atomic mass is 79.9. The van der Waals surface area contributed by atoms with Gasteiger partial charge in [0.05, 0.1) is 35.1 Å². The zero-order chi connectivity index (χ0) is 15.6. The summed E-state index contributed by atoms with van der Waals surface area (Å²) in [6.07, 6.45) is 3.14. The molecule has 2 rings (SSSR count). The molecule has 1 heterocycles. The summed E-state index contributed by atoms with van der Waals surface area (Å²) >= 11 is 3.55. The van der Waals surface area contributed by atoms with E-state index >= 15 is 0 Å². The molecule has 7 heteroatoms. The minimum Gasteiger partial charge on any atom is -0.469 e. The van der Waals surface area contributed by atoms with Crippen molar-refractivity contribution in [3.8, 4) is 0 Å². The van der Waals surface area contributed by atoms with Crippen molar-refractivity contribution in [3.05, 3.63) is 15.9 Å². The summed E-state index contributed by atoms with van der Waals surface area (Å²) in [5.41, 5.74) is 1.84. The third-order valence-electron chi connectivity index (χ3n) is 3.97. The third kappa shape index (κ3) is 3.94. The van der Waals surface area contributed by atoms with Crippen LogP contribution >= 0.6 is 15.9 Å². The van der Waals surface area contributed by atoms with Gasteiger partial charge in [-0.05, 0) is 40.6 Å². The van der Waals surface area contributed by atoms with E-state index in [1.165, 1.54) is 7.11 Å². The Kier molecular flexibility index (Phi) is 5.24. The lowest BCUT2D eigenvalue weighted by Gasteiger charge is -2.13. The fraction of sp³-hybridized carbons (Fsp3) is 0.714. The van der Waals surface area contributed by atoms with Crippen LogP contribution in [-0.2, 0) is 39.6 Å². The number of hydrogen-bond acceptors (Lipinski definition) is 4. The van der Waals surface area contributed by atoms with Gasteiger partial charge in [-0.25, -0.2) is 0 Å². The average molecular weight is 377 g/mol. The molecule has 0 amide bonds. The Morgan fingerprint density at radius 1 is 1.52 bits per heavy atom. The van der Waals surface area contributed by atoms with Gasteiger partial charge < -0.3 is 4.74 Å². The zero-order valence-electron chi connectivity index (χ0n) is 12.6. The van der Waals surface area contributed by atoms with Crippen LogP contribution in [0.2, 0.25) is 0 Å². The molecule has 1 fully saturated rings. The van der Waals surface area contributed by atoms with Crippen LogP contribution < -0.4 is 0 Å². The van der Waals surface area contributed by atoms with Crippen LogP contribution in [0.3, 0.4) is 0 Å². The summed E-state index contributed by atoms with van der Waals surface area (Å²) in [6.45, 7) is 2.05. The molecule has 1 aliphatic rings. The van der Waals surface area contributed by atoms with Crippen LogP contribution in [0.5, 0.6) is 0 Å². The summed E-state index contributed by atoms with van der Waals surface area (Å²) < 4.78 is 19.9. The Hall–Kier alpha value is -0.690. The lowest BCUT2D eigenvalue weighted by molar-refractivity contribution is -0.141. The molecule has 1 atom stereocenters. The normalized spacial score (nSPS) is 17.5. The summed E-state index contributed by atoms with van der Waals surface area (Å²) in [5.74, 6) is 0.813. The molecule has 0 bridgehead atoms. The molecule has 0 saturated heterocycles. The molecule has 21 heavy (non-hydrogen) atoms. The SMILES string of the molecule is CCc1nn(C)c(CS(=O)CC2(CC(=O)OC)CC2)c1Br. The van der Waals surface area contributed by atoms with Gasteiger partial charge in [-0.1, -0.05) is 6.92 Å².